The molecule has 20 heavy (non-hydrogen) atoms. The Bertz CT molecular complexity index is 664. The van der Waals surface area contributed by atoms with Crippen molar-refractivity contribution in [2.45, 2.75) is 0 Å². The van der Waals surface area contributed by atoms with Gasteiger partial charge in [-0.25, -0.2) is 0 Å². The van der Waals surface area contributed by atoms with E-state index in [0.29, 0.717) is 22.0 Å². The van der Waals surface area contributed by atoms with Crippen LogP contribution in [0.1, 0.15) is 10.4 Å². The summed E-state index contributed by atoms with van der Waals surface area (Å²) in [5.41, 5.74) is 1.19. The van der Waals surface area contributed by atoms with Crippen molar-refractivity contribution in [2.24, 2.45) is 0 Å². The molecule has 0 saturated heterocycles. The Morgan fingerprint density at radius 2 is 2.05 bits per heavy atom. The van der Waals surface area contributed by atoms with Crippen molar-refractivity contribution in [3.63, 3.8) is 0 Å². The van der Waals surface area contributed by atoms with E-state index in [1.54, 1.807) is 37.4 Å². The fourth-order valence-electron chi connectivity index (χ4n) is 1.58. The molecule has 0 aliphatic rings. The third-order valence-electron chi connectivity index (χ3n) is 2.59. The van der Waals surface area contributed by atoms with E-state index in [1.807, 2.05) is 6.07 Å². The van der Waals surface area contributed by atoms with Crippen molar-refractivity contribution in [3.8, 4) is 5.75 Å². The summed E-state index contributed by atoms with van der Waals surface area (Å²) in [6.07, 6.45) is 0. The number of nitrogens with one attached hydrogen (secondary N) is 1. The van der Waals surface area contributed by atoms with E-state index in [0.717, 1.165) is 8.04 Å². The molecule has 0 aromatic heterocycles. The molecule has 0 fully saturated rings. The number of rotatable bonds is 3. The highest BCUT2D eigenvalue weighted by Crippen LogP contribution is 2.28. The molecule has 1 amide bonds. The van der Waals surface area contributed by atoms with Crippen molar-refractivity contribution in [2.75, 3.05) is 12.4 Å². The Hall–Kier alpha value is -0.790. The monoisotopic (exact) mass is 465 g/mol. The first kappa shape index (κ1) is 15.6. The second-order valence-electron chi connectivity index (χ2n) is 3.93. The summed E-state index contributed by atoms with van der Waals surface area (Å²) in [5.74, 6) is 0.501. The van der Waals surface area contributed by atoms with Gasteiger partial charge in [-0.05, 0) is 74.9 Å². The highest BCUT2D eigenvalue weighted by molar-refractivity contribution is 14.1. The van der Waals surface area contributed by atoms with Crippen LogP contribution in [-0.4, -0.2) is 13.0 Å². The van der Waals surface area contributed by atoms with E-state index in [9.17, 15) is 4.79 Å². The van der Waals surface area contributed by atoms with Crippen molar-refractivity contribution in [3.05, 3.63) is 55.0 Å². The zero-order chi connectivity index (χ0) is 14.7. The van der Waals surface area contributed by atoms with Crippen LogP contribution < -0.4 is 10.1 Å². The molecule has 104 valence electrons. The lowest BCUT2D eigenvalue weighted by atomic mass is 10.2. The third kappa shape index (κ3) is 3.65. The molecule has 2 aromatic rings. The van der Waals surface area contributed by atoms with Crippen LogP contribution in [-0.2, 0) is 0 Å². The number of halogens is 3. The minimum atomic E-state index is -0.208. The van der Waals surface area contributed by atoms with E-state index < -0.39 is 0 Å². The van der Waals surface area contributed by atoms with Gasteiger partial charge in [-0.15, -0.1) is 0 Å². The summed E-state index contributed by atoms with van der Waals surface area (Å²) >= 11 is 11.5. The number of amides is 1. The van der Waals surface area contributed by atoms with E-state index in [1.165, 1.54) is 0 Å². The zero-order valence-corrected chi connectivity index (χ0v) is 14.9. The highest BCUT2D eigenvalue weighted by atomic mass is 127. The van der Waals surface area contributed by atoms with Gasteiger partial charge in [-0.3, -0.25) is 4.79 Å². The average Bonchev–Trinajstić information content (AvgIpc) is 2.42. The van der Waals surface area contributed by atoms with Gasteiger partial charge in [0.1, 0.15) is 5.75 Å². The maximum atomic E-state index is 12.1. The summed E-state index contributed by atoms with van der Waals surface area (Å²) in [6.45, 7) is 0. The fraction of sp³-hybridized carbons (Fsp3) is 0.0714. The largest absolute Gasteiger partial charge is 0.496 e. The van der Waals surface area contributed by atoms with Crippen molar-refractivity contribution in [1.29, 1.82) is 0 Å². The minimum Gasteiger partial charge on any atom is -0.496 e. The number of benzene rings is 2. The van der Waals surface area contributed by atoms with E-state index in [2.05, 4.69) is 43.8 Å². The van der Waals surface area contributed by atoms with Crippen molar-refractivity contribution < 1.29 is 9.53 Å². The second-order valence-corrected chi connectivity index (χ2v) is 6.36. The predicted molar refractivity (Wildman–Crippen MR) is 92.8 cm³/mol. The standard InChI is InChI=1S/C14H10BrClINO2/c1-20-13-5-3-9(7-10(13)15)18-14(19)8-2-4-12(17)11(16)6-8/h2-7H,1H3,(H,18,19). The molecule has 0 spiro atoms. The first-order valence-corrected chi connectivity index (χ1v) is 7.86. The van der Waals surface area contributed by atoms with Gasteiger partial charge in [0.05, 0.1) is 16.6 Å². The van der Waals surface area contributed by atoms with E-state index in [-0.39, 0.29) is 5.91 Å². The number of carbonyl (C=O) groups is 1. The van der Waals surface area contributed by atoms with Crippen LogP contribution in [0.3, 0.4) is 0 Å². The molecule has 0 bridgehead atoms. The van der Waals surface area contributed by atoms with E-state index >= 15 is 0 Å². The second kappa shape index (κ2) is 6.78. The molecule has 0 atom stereocenters. The smallest absolute Gasteiger partial charge is 0.255 e. The molecule has 2 rings (SSSR count). The first-order valence-electron chi connectivity index (χ1n) is 5.61. The van der Waals surface area contributed by atoms with Gasteiger partial charge in [0.25, 0.3) is 5.91 Å². The molecular formula is C14H10BrClINO2. The van der Waals surface area contributed by atoms with Gasteiger partial charge < -0.3 is 10.1 Å². The first-order chi connectivity index (χ1) is 9.51. The zero-order valence-electron chi connectivity index (χ0n) is 10.4. The molecule has 2 aromatic carbocycles. The summed E-state index contributed by atoms with van der Waals surface area (Å²) in [7, 11) is 1.59. The van der Waals surface area contributed by atoms with Crippen LogP contribution in [0.4, 0.5) is 5.69 Å². The van der Waals surface area contributed by atoms with E-state index in [4.69, 9.17) is 16.3 Å². The Balaban J connectivity index is 2.19. The average molecular weight is 467 g/mol. The molecular weight excluding hydrogens is 456 g/mol. The van der Waals surface area contributed by atoms with Crippen LogP contribution >= 0.6 is 50.1 Å². The van der Waals surface area contributed by atoms with Gasteiger partial charge in [0.2, 0.25) is 0 Å². The topological polar surface area (TPSA) is 38.3 Å². The molecule has 0 saturated carbocycles. The summed E-state index contributed by atoms with van der Waals surface area (Å²) in [4.78, 5) is 12.1. The minimum absolute atomic E-state index is 0.208. The number of anilines is 1. The van der Waals surface area contributed by atoms with Crippen molar-refractivity contribution >= 4 is 61.7 Å². The molecule has 0 aliphatic carbocycles. The lowest BCUT2D eigenvalue weighted by molar-refractivity contribution is 0.102. The Morgan fingerprint density at radius 1 is 1.30 bits per heavy atom. The molecule has 6 heteroatoms. The lowest BCUT2D eigenvalue weighted by Crippen LogP contribution is -2.12. The van der Waals surface area contributed by atoms with Crippen LogP contribution in [0, 0.1) is 3.57 Å². The number of hydrogen-bond acceptors (Lipinski definition) is 2. The summed E-state index contributed by atoms with van der Waals surface area (Å²) < 4.78 is 6.83. The Morgan fingerprint density at radius 3 is 2.65 bits per heavy atom. The maximum Gasteiger partial charge on any atom is 0.255 e. The number of hydrogen-bond donors (Lipinski definition) is 1. The SMILES string of the molecule is COc1ccc(NC(=O)c2ccc(I)c(Cl)c2)cc1Br. The van der Waals surface area contributed by atoms with Crippen LogP contribution in [0.25, 0.3) is 0 Å². The summed E-state index contributed by atoms with van der Waals surface area (Å²) in [6, 6.07) is 10.5. The lowest BCUT2D eigenvalue weighted by Gasteiger charge is -2.08. The van der Waals surface area contributed by atoms with Gasteiger partial charge in [0.15, 0.2) is 0 Å². The van der Waals surface area contributed by atoms with Crippen LogP contribution in [0.2, 0.25) is 5.02 Å². The predicted octanol–water partition coefficient (Wildman–Crippen LogP) is 4.97. The highest BCUT2D eigenvalue weighted by Gasteiger charge is 2.09. The normalized spacial score (nSPS) is 10.2. The molecule has 0 radical (unpaired) electrons. The Labute approximate surface area is 143 Å². The number of carbonyl (C=O) groups excluding carboxylic acids is 1. The maximum absolute atomic E-state index is 12.1. The molecule has 0 unspecified atom stereocenters. The summed E-state index contributed by atoms with van der Waals surface area (Å²) in [5, 5.41) is 3.38. The third-order valence-corrected chi connectivity index (χ3v) is 4.78. The van der Waals surface area contributed by atoms with Gasteiger partial charge >= 0.3 is 0 Å². The van der Waals surface area contributed by atoms with Crippen LogP contribution in [0.15, 0.2) is 40.9 Å². The van der Waals surface area contributed by atoms with Gasteiger partial charge in [0, 0.05) is 14.8 Å². The molecule has 0 aliphatic heterocycles. The fourth-order valence-corrected chi connectivity index (χ4v) is 2.64. The van der Waals surface area contributed by atoms with Crippen LogP contribution in [0.5, 0.6) is 5.75 Å². The molecule has 0 heterocycles. The number of ether oxygens (including phenoxy) is 1. The number of methoxy groups -OCH3 is 1. The molecule has 1 N–H and O–H groups in total. The Kier molecular flexibility index (Phi) is 5.29. The quantitative estimate of drug-likeness (QED) is 0.649. The van der Waals surface area contributed by atoms with Gasteiger partial charge in [-0.1, -0.05) is 11.6 Å². The van der Waals surface area contributed by atoms with Crippen molar-refractivity contribution in [1.82, 2.24) is 0 Å². The van der Waals surface area contributed by atoms with Gasteiger partial charge in [-0.2, -0.15) is 0 Å². The molecule has 3 nitrogen and oxygen atoms in total.